The summed E-state index contributed by atoms with van der Waals surface area (Å²) in [6.45, 7) is 10.6. The highest BCUT2D eigenvalue weighted by Crippen LogP contribution is 2.26. The predicted molar refractivity (Wildman–Crippen MR) is 86.2 cm³/mol. The molecule has 4 heteroatoms. The highest BCUT2D eigenvalue weighted by atomic mass is 16.5. The van der Waals surface area contributed by atoms with Crippen LogP contribution in [0.5, 0.6) is 11.5 Å². The molecule has 1 aromatic rings. The second kappa shape index (κ2) is 7.14. The van der Waals surface area contributed by atoms with Gasteiger partial charge in [0.15, 0.2) is 11.5 Å². The van der Waals surface area contributed by atoms with Crippen molar-refractivity contribution in [1.29, 1.82) is 0 Å². The molecule has 21 heavy (non-hydrogen) atoms. The van der Waals surface area contributed by atoms with Crippen LogP contribution in [-0.4, -0.2) is 49.8 Å². The molecule has 2 unspecified atom stereocenters. The van der Waals surface area contributed by atoms with E-state index in [1.54, 1.807) is 7.11 Å². The minimum atomic E-state index is 0.219. The van der Waals surface area contributed by atoms with Gasteiger partial charge < -0.3 is 14.8 Å². The summed E-state index contributed by atoms with van der Waals surface area (Å²) in [6, 6.07) is 8.35. The Morgan fingerprint density at radius 3 is 2.71 bits per heavy atom. The van der Waals surface area contributed by atoms with E-state index >= 15 is 0 Å². The maximum atomic E-state index is 5.92. The van der Waals surface area contributed by atoms with Gasteiger partial charge in [-0.05, 0) is 32.4 Å². The van der Waals surface area contributed by atoms with Gasteiger partial charge in [-0.2, -0.15) is 0 Å². The Kier molecular flexibility index (Phi) is 5.48. The number of nitrogens with one attached hydrogen (secondary N) is 1. The molecule has 0 aromatic heterocycles. The van der Waals surface area contributed by atoms with Crippen LogP contribution < -0.4 is 14.8 Å². The Balaban J connectivity index is 1.92. The number of hydrogen-bond donors (Lipinski definition) is 1. The number of benzene rings is 1. The van der Waals surface area contributed by atoms with Gasteiger partial charge in [-0.15, -0.1) is 0 Å². The summed E-state index contributed by atoms with van der Waals surface area (Å²) in [5.74, 6) is 1.62. The van der Waals surface area contributed by atoms with Crippen LogP contribution in [0.1, 0.15) is 27.2 Å². The monoisotopic (exact) mass is 292 g/mol. The smallest absolute Gasteiger partial charge is 0.161 e. The molecular weight excluding hydrogens is 264 g/mol. The molecule has 0 saturated carbocycles. The van der Waals surface area contributed by atoms with Crippen LogP contribution in [0.15, 0.2) is 24.3 Å². The molecule has 1 heterocycles. The van der Waals surface area contributed by atoms with E-state index < -0.39 is 0 Å². The van der Waals surface area contributed by atoms with Crippen LogP contribution in [0, 0.1) is 0 Å². The standard InChI is InChI=1S/C17H28N2O2/c1-5-17(3)13-18-14(2)12-19(17)10-11-21-16-9-7-6-8-15(16)20-4/h6-9,14,18H,5,10-13H2,1-4H3. The number of nitrogens with zero attached hydrogens (tertiary/aromatic N) is 1. The van der Waals surface area contributed by atoms with Crippen molar-refractivity contribution in [3.05, 3.63) is 24.3 Å². The fourth-order valence-corrected chi connectivity index (χ4v) is 2.84. The Hall–Kier alpha value is -1.26. The number of methoxy groups -OCH3 is 1. The largest absolute Gasteiger partial charge is 0.493 e. The van der Waals surface area contributed by atoms with Crippen molar-refractivity contribution in [3.8, 4) is 11.5 Å². The van der Waals surface area contributed by atoms with Gasteiger partial charge in [-0.3, -0.25) is 4.90 Å². The third-order valence-electron chi connectivity index (χ3n) is 4.54. The zero-order chi connectivity index (χ0) is 15.3. The molecule has 0 spiro atoms. The summed E-state index contributed by atoms with van der Waals surface area (Å²) in [5, 5.41) is 3.58. The molecule has 1 fully saturated rings. The van der Waals surface area contributed by atoms with Crippen LogP contribution >= 0.6 is 0 Å². The molecule has 0 radical (unpaired) electrons. The SMILES string of the molecule is CCC1(C)CNC(C)CN1CCOc1ccccc1OC. The van der Waals surface area contributed by atoms with Crippen LogP contribution in [0.25, 0.3) is 0 Å². The van der Waals surface area contributed by atoms with Gasteiger partial charge in [0.25, 0.3) is 0 Å². The molecular formula is C17H28N2O2. The van der Waals surface area contributed by atoms with Gasteiger partial charge in [0, 0.05) is 31.2 Å². The van der Waals surface area contributed by atoms with E-state index in [1.165, 1.54) is 0 Å². The molecule has 0 amide bonds. The number of hydrogen-bond acceptors (Lipinski definition) is 4. The van der Waals surface area contributed by atoms with Crippen molar-refractivity contribution in [3.63, 3.8) is 0 Å². The lowest BCUT2D eigenvalue weighted by Gasteiger charge is -2.47. The first-order valence-corrected chi connectivity index (χ1v) is 7.83. The van der Waals surface area contributed by atoms with Crippen molar-refractivity contribution in [2.75, 3.05) is 33.4 Å². The molecule has 118 valence electrons. The first kappa shape index (κ1) is 16.1. The number of para-hydroxylation sites is 2. The van der Waals surface area contributed by atoms with Crippen LogP contribution in [-0.2, 0) is 0 Å². The highest BCUT2D eigenvalue weighted by molar-refractivity contribution is 5.39. The van der Waals surface area contributed by atoms with Gasteiger partial charge in [0.1, 0.15) is 6.61 Å². The van der Waals surface area contributed by atoms with E-state index in [-0.39, 0.29) is 5.54 Å². The van der Waals surface area contributed by atoms with Crippen molar-refractivity contribution < 1.29 is 9.47 Å². The molecule has 1 aromatic carbocycles. The lowest BCUT2D eigenvalue weighted by atomic mass is 9.92. The van der Waals surface area contributed by atoms with Crippen LogP contribution in [0.3, 0.4) is 0 Å². The van der Waals surface area contributed by atoms with Crippen molar-refractivity contribution in [2.45, 2.75) is 38.8 Å². The molecule has 0 bridgehead atoms. The molecule has 1 N–H and O–H groups in total. The zero-order valence-electron chi connectivity index (χ0n) is 13.7. The number of piperazine rings is 1. The minimum Gasteiger partial charge on any atom is -0.493 e. The molecule has 1 aliphatic heterocycles. The quantitative estimate of drug-likeness (QED) is 0.873. The zero-order valence-corrected chi connectivity index (χ0v) is 13.7. The Bertz CT molecular complexity index is 452. The third-order valence-corrected chi connectivity index (χ3v) is 4.54. The predicted octanol–water partition coefficient (Wildman–Crippen LogP) is 2.54. The van der Waals surface area contributed by atoms with E-state index in [9.17, 15) is 0 Å². The summed E-state index contributed by atoms with van der Waals surface area (Å²) < 4.78 is 11.2. The van der Waals surface area contributed by atoms with Crippen molar-refractivity contribution in [1.82, 2.24) is 10.2 Å². The highest BCUT2D eigenvalue weighted by Gasteiger charge is 2.34. The molecule has 2 atom stereocenters. The summed E-state index contributed by atoms with van der Waals surface area (Å²) in [6.07, 6.45) is 1.14. The fourth-order valence-electron chi connectivity index (χ4n) is 2.84. The number of rotatable bonds is 6. The summed E-state index contributed by atoms with van der Waals surface area (Å²) >= 11 is 0. The average Bonchev–Trinajstić information content (AvgIpc) is 2.51. The van der Waals surface area contributed by atoms with Gasteiger partial charge >= 0.3 is 0 Å². The topological polar surface area (TPSA) is 33.7 Å². The molecule has 0 aliphatic carbocycles. The van der Waals surface area contributed by atoms with Gasteiger partial charge in [-0.25, -0.2) is 0 Å². The van der Waals surface area contributed by atoms with E-state index in [4.69, 9.17) is 9.47 Å². The lowest BCUT2D eigenvalue weighted by Crippen LogP contribution is -2.63. The van der Waals surface area contributed by atoms with E-state index in [0.29, 0.717) is 12.6 Å². The molecule has 4 nitrogen and oxygen atoms in total. The van der Waals surface area contributed by atoms with Crippen molar-refractivity contribution in [2.24, 2.45) is 0 Å². The number of ether oxygens (including phenoxy) is 2. The average molecular weight is 292 g/mol. The maximum absolute atomic E-state index is 5.92. The third kappa shape index (κ3) is 3.89. The first-order chi connectivity index (χ1) is 10.1. The van der Waals surface area contributed by atoms with E-state index in [2.05, 4.69) is 31.0 Å². The van der Waals surface area contributed by atoms with Gasteiger partial charge in [-0.1, -0.05) is 19.1 Å². The van der Waals surface area contributed by atoms with Gasteiger partial charge in [0.2, 0.25) is 0 Å². The first-order valence-electron chi connectivity index (χ1n) is 7.83. The molecule has 2 rings (SSSR count). The van der Waals surface area contributed by atoms with Crippen LogP contribution in [0.4, 0.5) is 0 Å². The minimum absolute atomic E-state index is 0.219. The molecule has 1 saturated heterocycles. The second-order valence-electron chi connectivity index (χ2n) is 6.08. The Morgan fingerprint density at radius 1 is 1.33 bits per heavy atom. The maximum Gasteiger partial charge on any atom is 0.161 e. The van der Waals surface area contributed by atoms with E-state index in [0.717, 1.165) is 37.6 Å². The Morgan fingerprint density at radius 2 is 2.05 bits per heavy atom. The Labute approximate surface area is 128 Å². The fraction of sp³-hybridized carbons (Fsp3) is 0.647. The summed E-state index contributed by atoms with van der Waals surface area (Å²) in [5.41, 5.74) is 0.219. The lowest BCUT2D eigenvalue weighted by molar-refractivity contribution is 0.0405. The summed E-state index contributed by atoms with van der Waals surface area (Å²) in [7, 11) is 1.67. The summed E-state index contributed by atoms with van der Waals surface area (Å²) in [4.78, 5) is 2.55. The van der Waals surface area contributed by atoms with E-state index in [1.807, 2.05) is 24.3 Å². The van der Waals surface area contributed by atoms with Crippen LogP contribution in [0.2, 0.25) is 0 Å². The van der Waals surface area contributed by atoms with Crippen molar-refractivity contribution >= 4 is 0 Å². The van der Waals surface area contributed by atoms with Gasteiger partial charge in [0.05, 0.1) is 7.11 Å². The normalized spacial score (nSPS) is 26.6. The second-order valence-corrected chi connectivity index (χ2v) is 6.08. The molecule has 1 aliphatic rings.